The van der Waals surface area contributed by atoms with Gasteiger partial charge in [0.05, 0.1) is 11.9 Å². The van der Waals surface area contributed by atoms with E-state index in [1.54, 1.807) is 0 Å². The van der Waals surface area contributed by atoms with Gasteiger partial charge < -0.3 is 21.1 Å². The number of hydrogen-bond donors (Lipinski definition) is 3. The molecule has 4 N–H and O–H groups in total. The lowest BCUT2D eigenvalue weighted by molar-refractivity contribution is -0.154. The lowest BCUT2D eigenvalue weighted by Crippen LogP contribution is -2.44. The van der Waals surface area contributed by atoms with Crippen LogP contribution in [0.3, 0.4) is 0 Å². The molecule has 21 heavy (non-hydrogen) atoms. The molecule has 1 aromatic rings. The van der Waals surface area contributed by atoms with Crippen LogP contribution in [0.2, 0.25) is 0 Å². The first-order valence-corrected chi connectivity index (χ1v) is 5.70. The summed E-state index contributed by atoms with van der Waals surface area (Å²) < 4.78 is 40.2. The molecule has 0 spiro atoms. The molecule has 0 aromatic carbocycles. The van der Waals surface area contributed by atoms with Crippen LogP contribution in [0.1, 0.15) is 6.92 Å². The molecular weight excluding hydrogens is 293 g/mol. The van der Waals surface area contributed by atoms with Crippen molar-refractivity contribution in [2.45, 2.75) is 19.1 Å². The summed E-state index contributed by atoms with van der Waals surface area (Å²) in [5, 5.41) is 4.56. The number of rotatable bonds is 5. The van der Waals surface area contributed by atoms with Crippen LogP contribution in [0.4, 0.5) is 23.7 Å². The molecule has 1 heterocycles. The molecule has 1 aromatic heterocycles. The Morgan fingerprint density at radius 2 is 2.10 bits per heavy atom. The second-order valence-corrected chi connectivity index (χ2v) is 4.01. The number of ether oxygens (including phenoxy) is 1. The zero-order valence-electron chi connectivity index (χ0n) is 10.9. The third-order valence-electron chi connectivity index (χ3n) is 2.14. The van der Waals surface area contributed by atoms with Crippen LogP contribution in [0.5, 0.6) is 5.88 Å². The highest BCUT2D eigenvalue weighted by Gasteiger charge is 2.28. The van der Waals surface area contributed by atoms with Crippen LogP contribution < -0.4 is 21.1 Å². The van der Waals surface area contributed by atoms with Crippen LogP contribution in [0.15, 0.2) is 18.3 Å². The maximum absolute atomic E-state index is 11.9. The SMILES string of the molecule is CC(NC(N)=O)C(=O)Nc1ccc(OCC(F)(F)F)nc1. The number of halogens is 3. The second kappa shape index (κ2) is 6.77. The van der Waals surface area contributed by atoms with Crippen molar-refractivity contribution in [2.75, 3.05) is 11.9 Å². The van der Waals surface area contributed by atoms with Gasteiger partial charge in [-0.3, -0.25) is 4.79 Å². The fourth-order valence-electron chi connectivity index (χ4n) is 1.22. The quantitative estimate of drug-likeness (QED) is 0.755. The van der Waals surface area contributed by atoms with Gasteiger partial charge in [0.2, 0.25) is 11.8 Å². The number of amides is 3. The number of urea groups is 1. The highest BCUT2D eigenvalue weighted by molar-refractivity contribution is 5.96. The molecule has 1 unspecified atom stereocenters. The van der Waals surface area contributed by atoms with E-state index in [2.05, 4.69) is 20.4 Å². The van der Waals surface area contributed by atoms with Crippen molar-refractivity contribution in [2.24, 2.45) is 5.73 Å². The molecule has 7 nitrogen and oxygen atoms in total. The molecule has 116 valence electrons. The summed E-state index contributed by atoms with van der Waals surface area (Å²) in [5.41, 5.74) is 5.10. The molecule has 0 bridgehead atoms. The number of hydrogen-bond acceptors (Lipinski definition) is 4. The normalized spacial score (nSPS) is 12.4. The van der Waals surface area contributed by atoms with Crippen molar-refractivity contribution in [3.05, 3.63) is 18.3 Å². The first kappa shape index (κ1) is 16.5. The Kier molecular flexibility index (Phi) is 5.33. The lowest BCUT2D eigenvalue weighted by atomic mass is 10.3. The number of carbonyl (C=O) groups is 2. The Balaban J connectivity index is 2.54. The van der Waals surface area contributed by atoms with E-state index in [1.165, 1.54) is 19.1 Å². The molecule has 0 saturated heterocycles. The standard InChI is InChI=1S/C11H13F3N4O3/c1-6(17-10(15)20)9(19)18-7-2-3-8(16-4-7)21-5-11(12,13)14/h2-4,6H,5H2,1H3,(H,18,19)(H3,15,17,20). The van der Waals surface area contributed by atoms with Crippen LogP contribution in [-0.4, -0.2) is 35.7 Å². The number of pyridine rings is 1. The molecule has 1 rings (SSSR count). The first-order valence-electron chi connectivity index (χ1n) is 5.70. The van der Waals surface area contributed by atoms with Crippen LogP contribution >= 0.6 is 0 Å². The summed E-state index contributed by atoms with van der Waals surface area (Å²) in [7, 11) is 0. The Bertz CT molecular complexity index is 504. The summed E-state index contributed by atoms with van der Waals surface area (Å²) >= 11 is 0. The third kappa shape index (κ3) is 6.45. The van der Waals surface area contributed by atoms with Gasteiger partial charge in [-0.2, -0.15) is 13.2 Å². The first-order chi connectivity index (χ1) is 9.67. The summed E-state index contributed by atoms with van der Waals surface area (Å²) in [6, 6.07) is 0.761. The average molecular weight is 306 g/mol. The van der Waals surface area contributed by atoms with Crippen LogP contribution in [0.25, 0.3) is 0 Å². The van der Waals surface area contributed by atoms with E-state index in [1.807, 2.05) is 0 Å². The number of nitrogens with zero attached hydrogens (tertiary/aromatic N) is 1. The van der Waals surface area contributed by atoms with E-state index in [-0.39, 0.29) is 11.6 Å². The van der Waals surface area contributed by atoms with Crippen LogP contribution in [-0.2, 0) is 4.79 Å². The van der Waals surface area contributed by atoms with Gasteiger partial charge >= 0.3 is 12.2 Å². The molecule has 0 radical (unpaired) electrons. The maximum Gasteiger partial charge on any atom is 0.422 e. The summed E-state index contributed by atoms with van der Waals surface area (Å²) in [6.07, 6.45) is -3.33. The van der Waals surface area contributed by atoms with Crippen molar-refractivity contribution in [3.63, 3.8) is 0 Å². The van der Waals surface area contributed by atoms with E-state index >= 15 is 0 Å². The van der Waals surface area contributed by atoms with E-state index in [9.17, 15) is 22.8 Å². The van der Waals surface area contributed by atoms with Gasteiger partial charge in [-0.05, 0) is 13.0 Å². The molecule has 0 aliphatic heterocycles. The molecular formula is C11H13F3N4O3. The van der Waals surface area contributed by atoms with Gasteiger partial charge in [0, 0.05) is 6.07 Å². The monoisotopic (exact) mass is 306 g/mol. The zero-order chi connectivity index (χ0) is 16.0. The van der Waals surface area contributed by atoms with Crippen molar-refractivity contribution in [3.8, 4) is 5.88 Å². The van der Waals surface area contributed by atoms with Crippen molar-refractivity contribution in [1.29, 1.82) is 0 Å². The van der Waals surface area contributed by atoms with Gasteiger partial charge in [0.15, 0.2) is 6.61 Å². The molecule has 10 heteroatoms. The molecule has 0 aliphatic carbocycles. The number of carbonyl (C=O) groups excluding carboxylic acids is 2. The van der Waals surface area contributed by atoms with E-state index in [4.69, 9.17) is 5.73 Å². The zero-order valence-corrected chi connectivity index (χ0v) is 10.9. The summed E-state index contributed by atoms with van der Waals surface area (Å²) in [4.78, 5) is 25.8. The number of alkyl halides is 3. The minimum atomic E-state index is -4.45. The smallest absolute Gasteiger partial charge is 0.422 e. The number of primary amides is 1. The van der Waals surface area contributed by atoms with E-state index < -0.39 is 30.8 Å². The molecule has 0 aliphatic rings. The minimum absolute atomic E-state index is 0.228. The Morgan fingerprint density at radius 3 is 2.57 bits per heavy atom. The molecule has 1 atom stereocenters. The third-order valence-corrected chi connectivity index (χ3v) is 2.14. The van der Waals surface area contributed by atoms with Crippen molar-refractivity contribution >= 4 is 17.6 Å². The van der Waals surface area contributed by atoms with Crippen molar-refractivity contribution in [1.82, 2.24) is 10.3 Å². The fraction of sp³-hybridized carbons (Fsp3) is 0.364. The highest BCUT2D eigenvalue weighted by Crippen LogP contribution is 2.18. The van der Waals surface area contributed by atoms with E-state index in [0.717, 1.165) is 6.20 Å². The fourth-order valence-corrected chi connectivity index (χ4v) is 1.22. The number of anilines is 1. The molecule has 0 fully saturated rings. The number of aromatic nitrogens is 1. The number of nitrogens with one attached hydrogen (secondary N) is 2. The Morgan fingerprint density at radius 1 is 1.43 bits per heavy atom. The number of nitrogens with two attached hydrogens (primary N) is 1. The lowest BCUT2D eigenvalue weighted by Gasteiger charge is -2.12. The summed E-state index contributed by atoms with van der Waals surface area (Å²) in [5.74, 6) is -0.784. The minimum Gasteiger partial charge on any atom is -0.468 e. The van der Waals surface area contributed by atoms with Gasteiger partial charge in [0.25, 0.3) is 0 Å². The summed E-state index contributed by atoms with van der Waals surface area (Å²) in [6.45, 7) is -0.0421. The Labute approximate surface area is 117 Å². The average Bonchev–Trinajstić information content (AvgIpc) is 2.36. The second-order valence-electron chi connectivity index (χ2n) is 4.01. The van der Waals surface area contributed by atoms with Gasteiger partial charge in [-0.15, -0.1) is 0 Å². The Hall–Kier alpha value is -2.52. The van der Waals surface area contributed by atoms with Gasteiger partial charge in [0.1, 0.15) is 6.04 Å². The van der Waals surface area contributed by atoms with E-state index in [0.29, 0.717) is 0 Å². The predicted octanol–water partition coefficient (Wildman–Crippen LogP) is 1.02. The van der Waals surface area contributed by atoms with Crippen molar-refractivity contribution < 1.29 is 27.5 Å². The maximum atomic E-state index is 11.9. The molecule has 3 amide bonds. The molecule has 0 saturated carbocycles. The topological polar surface area (TPSA) is 106 Å². The predicted molar refractivity (Wildman–Crippen MR) is 66.6 cm³/mol. The van der Waals surface area contributed by atoms with Gasteiger partial charge in [-0.1, -0.05) is 0 Å². The van der Waals surface area contributed by atoms with Gasteiger partial charge in [-0.25, -0.2) is 9.78 Å². The largest absolute Gasteiger partial charge is 0.468 e. The van der Waals surface area contributed by atoms with Crippen LogP contribution in [0, 0.1) is 0 Å². The highest BCUT2D eigenvalue weighted by atomic mass is 19.4.